The van der Waals surface area contributed by atoms with Gasteiger partial charge in [-0.1, -0.05) is 37.3 Å². The Labute approximate surface area is 125 Å². The molecule has 0 saturated heterocycles. The summed E-state index contributed by atoms with van der Waals surface area (Å²) < 4.78 is 31.9. The van der Waals surface area contributed by atoms with Crippen molar-refractivity contribution in [3.63, 3.8) is 0 Å². The van der Waals surface area contributed by atoms with Crippen LogP contribution < -0.4 is 5.73 Å². The molecule has 1 aromatic carbocycles. The van der Waals surface area contributed by atoms with E-state index in [0.29, 0.717) is 18.7 Å². The molecule has 1 unspecified atom stereocenters. The smallest absolute Gasteiger partial charge is 0.244 e. The number of methoxy groups -OCH3 is 1. The van der Waals surface area contributed by atoms with Crippen molar-refractivity contribution in [3.05, 3.63) is 29.8 Å². The van der Waals surface area contributed by atoms with Crippen LogP contribution in [-0.4, -0.2) is 44.0 Å². The fourth-order valence-corrected chi connectivity index (χ4v) is 4.14. The van der Waals surface area contributed by atoms with Gasteiger partial charge in [0.2, 0.25) is 10.0 Å². The largest absolute Gasteiger partial charge is 0.389 e. The minimum absolute atomic E-state index is 0.0691. The molecule has 5 nitrogen and oxygen atoms in total. The monoisotopic (exact) mass is 316 g/mol. The number of benzene rings is 1. The highest BCUT2D eigenvalue weighted by molar-refractivity contribution is 7.89. The van der Waals surface area contributed by atoms with Crippen molar-refractivity contribution in [1.82, 2.24) is 4.31 Å². The van der Waals surface area contributed by atoms with Gasteiger partial charge in [0.1, 0.15) is 4.99 Å². The Hall–Kier alpha value is -1.02. The van der Waals surface area contributed by atoms with Gasteiger partial charge in [-0.05, 0) is 13.0 Å². The van der Waals surface area contributed by atoms with Gasteiger partial charge in [-0.3, -0.25) is 0 Å². The summed E-state index contributed by atoms with van der Waals surface area (Å²) in [6, 6.07) is 6.23. The molecule has 1 aromatic rings. The van der Waals surface area contributed by atoms with Gasteiger partial charge in [0.05, 0.1) is 11.5 Å². The molecule has 0 aliphatic rings. The van der Waals surface area contributed by atoms with E-state index < -0.39 is 10.0 Å². The average Bonchev–Trinajstić information content (AvgIpc) is 2.39. The predicted octanol–water partition coefficient (Wildman–Crippen LogP) is 1.37. The first-order valence-corrected chi connectivity index (χ1v) is 8.10. The van der Waals surface area contributed by atoms with E-state index in [4.69, 9.17) is 22.7 Å². The van der Waals surface area contributed by atoms with E-state index >= 15 is 0 Å². The number of nitrogens with two attached hydrogens (primary N) is 1. The number of hydrogen-bond acceptors (Lipinski definition) is 4. The summed E-state index contributed by atoms with van der Waals surface area (Å²) in [7, 11) is -2.12. The maximum Gasteiger partial charge on any atom is 0.244 e. The van der Waals surface area contributed by atoms with Crippen molar-refractivity contribution >= 4 is 27.2 Å². The first kappa shape index (κ1) is 17.0. The standard InChI is InChI=1S/C13H20N2O3S2/c1-4-15(10(2)9-18-3)20(16,17)12-8-6-5-7-11(12)13(14)19/h5-8,10H,4,9H2,1-3H3,(H2,14,19). The Bertz CT molecular complexity index is 573. The van der Waals surface area contributed by atoms with Crippen molar-refractivity contribution < 1.29 is 13.2 Å². The summed E-state index contributed by atoms with van der Waals surface area (Å²) in [6.45, 7) is 4.25. The minimum atomic E-state index is -3.66. The van der Waals surface area contributed by atoms with Crippen LogP contribution in [-0.2, 0) is 14.8 Å². The maximum atomic E-state index is 12.8. The van der Waals surface area contributed by atoms with Crippen LogP contribution in [0.1, 0.15) is 19.4 Å². The fraction of sp³-hybridized carbons (Fsp3) is 0.462. The summed E-state index contributed by atoms with van der Waals surface area (Å²) in [5.41, 5.74) is 5.98. The third kappa shape index (κ3) is 3.54. The van der Waals surface area contributed by atoms with Crippen molar-refractivity contribution in [1.29, 1.82) is 0 Å². The van der Waals surface area contributed by atoms with Crippen molar-refractivity contribution in [2.75, 3.05) is 20.3 Å². The van der Waals surface area contributed by atoms with Gasteiger partial charge in [-0.25, -0.2) is 8.42 Å². The molecule has 0 amide bonds. The summed E-state index contributed by atoms with van der Waals surface area (Å²) in [6.07, 6.45) is 0. The molecular weight excluding hydrogens is 296 g/mol. The second kappa shape index (κ2) is 7.12. The van der Waals surface area contributed by atoms with E-state index in [9.17, 15) is 8.42 Å². The second-order valence-electron chi connectivity index (χ2n) is 4.37. The van der Waals surface area contributed by atoms with Crippen LogP contribution in [0, 0.1) is 0 Å². The first-order valence-electron chi connectivity index (χ1n) is 6.25. The van der Waals surface area contributed by atoms with E-state index in [1.807, 2.05) is 0 Å². The highest BCUT2D eigenvalue weighted by atomic mass is 32.2. The molecule has 1 rings (SSSR count). The fourth-order valence-electron chi connectivity index (χ4n) is 2.06. The van der Waals surface area contributed by atoms with E-state index in [1.54, 1.807) is 39.2 Å². The molecule has 1 atom stereocenters. The van der Waals surface area contributed by atoms with Crippen molar-refractivity contribution in [2.45, 2.75) is 24.8 Å². The lowest BCUT2D eigenvalue weighted by atomic mass is 10.2. The molecule has 7 heteroatoms. The van der Waals surface area contributed by atoms with Crippen LogP contribution >= 0.6 is 12.2 Å². The van der Waals surface area contributed by atoms with Gasteiger partial charge in [0.15, 0.2) is 0 Å². The molecule has 0 aliphatic carbocycles. The number of ether oxygens (including phenoxy) is 1. The third-order valence-corrected chi connectivity index (χ3v) is 5.32. The zero-order valence-electron chi connectivity index (χ0n) is 11.9. The summed E-state index contributed by atoms with van der Waals surface area (Å²) in [5, 5.41) is 0. The molecule has 0 spiro atoms. The topological polar surface area (TPSA) is 72.6 Å². The van der Waals surface area contributed by atoms with Gasteiger partial charge < -0.3 is 10.5 Å². The summed E-state index contributed by atoms with van der Waals surface area (Å²) >= 11 is 4.93. The van der Waals surface area contributed by atoms with E-state index in [0.717, 1.165) is 0 Å². The lowest BCUT2D eigenvalue weighted by Crippen LogP contribution is -2.41. The quantitative estimate of drug-likeness (QED) is 0.769. The van der Waals surface area contributed by atoms with Crippen LogP contribution in [0.4, 0.5) is 0 Å². The van der Waals surface area contributed by atoms with Crippen molar-refractivity contribution in [2.24, 2.45) is 5.73 Å². The zero-order valence-corrected chi connectivity index (χ0v) is 13.5. The van der Waals surface area contributed by atoms with E-state index in [2.05, 4.69) is 0 Å². The lowest BCUT2D eigenvalue weighted by Gasteiger charge is -2.27. The first-order chi connectivity index (χ1) is 9.36. The Morgan fingerprint density at radius 2 is 2.05 bits per heavy atom. The molecule has 0 bridgehead atoms. The summed E-state index contributed by atoms with van der Waals surface area (Å²) in [4.78, 5) is 0.205. The second-order valence-corrected chi connectivity index (χ2v) is 6.67. The van der Waals surface area contributed by atoms with E-state index in [1.165, 1.54) is 10.4 Å². The molecule has 0 heterocycles. The van der Waals surface area contributed by atoms with Crippen LogP contribution in [0.3, 0.4) is 0 Å². The Morgan fingerprint density at radius 3 is 2.55 bits per heavy atom. The van der Waals surface area contributed by atoms with Crippen LogP contribution in [0.2, 0.25) is 0 Å². The molecule has 2 N–H and O–H groups in total. The van der Waals surface area contributed by atoms with Crippen molar-refractivity contribution in [3.8, 4) is 0 Å². The summed E-state index contributed by atoms with van der Waals surface area (Å²) in [5.74, 6) is 0. The molecule has 20 heavy (non-hydrogen) atoms. The SMILES string of the molecule is CCN(C(C)COC)S(=O)(=O)c1ccccc1C(N)=S. The van der Waals surface area contributed by atoms with Crippen LogP contribution in [0.15, 0.2) is 29.2 Å². The Morgan fingerprint density at radius 1 is 1.45 bits per heavy atom. The van der Waals surface area contributed by atoms with Gasteiger partial charge in [0.25, 0.3) is 0 Å². The Balaban J connectivity index is 3.31. The average molecular weight is 316 g/mol. The molecular formula is C13H20N2O3S2. The van der Waals surface area contributed by atoms with Crippen LogP contribution in [0.25, 0.3) is 0 Å². The Kier molecular flexibility index (Phi) is 6.07. The number of rotatable bonds is 7. The number of thiocarbonyl (C=S) groups is 1. The third-order valence-electron chi connectivity index (χ3n) is 2.95. The maximum absolute atomic E-state index is 12.8. The zero-order chi connectivity index (χ0) is 15.3. The normalized spacial score (nSPS) is 13.4. The highest BCUT2D eigenvalue weighted by Crippen LogP contribution is 2.22. The number of nitrogens with zero attached hydrogens (tertiary/aromatic N) is 1. The molecule has 0 saturated carbocycles. The molecule has 0 radical (unpaired) electrons. The highest BCUT2D eigenvalue weighted by Gasteiger charge is 2.29. The van der Waals surface area contributed by atoms with Gasteiger partial charge in [-0.2, -0.15) is 4.31 Å². The predicted molar refractivity (Wildman–Crippen MR) is 83.2 cm³/mol. The van der Waals surface area contributed by atoms with Gasteiger partial charge in [-0.15, -0.1) is 0 Å². The van der Waals surface area contributed by atoms with E-state index in [-0.39, 0.29) is 15.9 Å². The number of hydrogen-bond donors (Lipinski definition) is 1. The molecule has 0 aromatic heterocycles. The van der Waals surface area contributed by atoms with Gasteiger partial charge >= 0.3 is 0 Å². The number of sulfonamides is 1. The molecule has 0 aliphatic heterocycles. The lowest BCUT2D eigenvalue weighted by molar-refractivity contribution is 0.142. The van der Waals surface area contributed by atoms with Crippen LogP contribution in [0.5, 0.6) is 0 Å². The molecule has 0 fully saturated rings. The minimum Gasteiger partial charge on any atom is -0.389 e. The molecule has 112 valence electrons. The number of likely N-dealkylation sites (N-methyl/N-ethyl adjacent to an activating group) is 1. The van der Waals surface area contributed by atoms with Gasteiger partial charge in [0, 0.05) is 25.3 Å².